The zero-order chi connectivity index (χ0) is 21.8. The lowest BCUT2D eigenvalue weighted by Gasteiger charge is -2.18. The first-order valence-electron chi connectivity index (χ1n) is 10.3. The summed E-state index contributed by atoms with van der Waals surface area (Å²) in [6, 6.07) is 16.5. The number of hydrogen-bond acceptors (Lipinski definition) is 5. The number of urea groups is 1. The summed E-state index contributed by atoms with van der Waals surface area (Å²) >= 11 is 0. The molecule has 1 heterocycles. The van der Waals surface area contributed by atoms with Gasteiger partial charge in [0.25, 0.3) is 0 Å². The molecule has 0 bridgehead atoms. The van der Waals surface area contributed by atoms with Gasteiger partial charge in [-0.2, -0.15) is 4.98 Å². The van der Waals surface area contributed by atoms with E-state index in [0.29, 0.717) is 30.2 Å². The Morgan fingerprint density at radius 2 is 1.87 bits per heavy atom. The first-order chi connectivity index (χ1) is 15.0. The van der Waals surface area contributed by atoms with Crippen molar-refractivity contribution in [3.8, 4) is 11.4 Å². The fourth-order valence-corrected chi connectivity index (χ4v) is 4.04. The molecule has 1 saturated carbocycles. The molecular formula is C23H25N5O3. The van der Waals surface area contributed by atoms with Crippen molar-refractivity contribution in [2.45, 2.75) is 31.7 Å². The molecule has 3 N–H and O–H groups in total. The third kappa shape index (κ3) is 4.74. The molecule has 0 saturated heterocycles. The quantitative estimate of drug-likeness (QED) is 0.587. The summed E-state index contributed by atoms with van der Waals surface area (Å²) in [6.45, 7) is 1.96. The molecular weight excluding hydrogens is 394 g/mol. The predicted molar refractivity (Wildman–Crippen MR) is 116 cm³/mol. The average Bonchev–Trinajstić information content (AvgIpc) is 3.41. The standard InChI is InChI=1S/C23H25N5O3/c1-14-7-6-10-17(11-14)25-23(30)26-19-13-16(21(29)24-2)12-18(19)22-27-20(28-31-22)15-8-4-3-5-9-15/h3-11,16,18-19H,12-13H2,1-2H3,(H,24,29)(H2,25,26,30). The molecule has 3 amide bonds. The molecule has 0 aliphatic heterocycles. The van der Waals surface area contributed by atoms with E-state index >= 15 is 0 Å². The van der Waals surface area contributed by atoms with Crippen molar-refractivity contribution >= 4 is 17.6 Å². The molecule has 1 aliphatic rings. The van der Waals surface area contributed by atoms with Crippen LogP contribution in [0, 0.1) is 12.8 Å². The van der Waals surface area contributed by atoms with Gasteiger partial charge in [0.1, 0.15) is 0 Å². The number of rotatable bonds is 5. The van der Waals surface area contributed by atoms with E-state index in [0.717, 1.165) is 11.1 Å². The monoisotopic (exact) mass is 419 g/mol. The van der Waals surface area contributed by atoms with E-state index < -0.39 is 0 Å². The maximum Gasteiger partial charge on any atom is 0.319 e. The fourth-order valence-electron chi connectivity index (χ4n) is 4.04. The number of aromatic nitrogens is 2. The molecule has 3 atom stereocenters. The molecule has 3 unspecified atom stereocenters. The summed E-state index contributed by atoms with van der Waals surface area (Å²) in [5.41, 5.74) is 2.61. The highest BCUT2D eigenvalue weighted by atomic mass is 16.5. The van der Waals surface area contributed by atoms with Crippen molar-refractivity contribution in [2.24, 2.45) is 5.92 Å². The van der Waals surface area contributed by atoms with Gasteiger partial charge in [-0.05, 0) is 37.5 Å². The SMILES string of the molecule is CNC(=O)C1CC(NC(=O)Nc2cccc(C)c2)C(c2nc(-c3ccccc3)no2)C1. The Labute approximate surface area is 180 Å². The lowest BCUT2D eigenvalue weighted by molar-refractivity contribution is -0.124. The van der Waals surface area contributed by atoms with Gasteiger partial charge in [-0.25, -0.2) is 4.79 Å². The van der Waals surface area contributed by atoms with Gasteiger partial charge in [0.05, 0.1) is 5.92 Å². The minimum atomic E-state index is -0.332. The highest BCUT2D eigenvalue weighted by Gasteiger charge is 2.42. The smallest absolute Gasteiger partial charge is 0.319 e. The van der Waals surface area contributed by atoms with Crippen LogP contribution in [-0.4, -0.2) is 35.2 Å². The van der Waals surface area contributed by atoms with E-state index in [1.54, 1.807) is 7.05 Å². The van der Waals surface area contributed by atoms with Gasteiger partial charge in [0.15, 0.2) is 0 Å². The highest BCUT2D eigenvalue weighted by molar-refractivity contribution is 5.89. The van der Waals surface area contributed by atoms with Crippen LogP contribution in [0.4, 0.5) is 10.5 Å². The summed E-state index contributed by atoms with van der Waals surface area (Å²) in [6.07, 6.45) is 1.01. The Morgan fingerprint density at radius 3 is 2.61 bits per heavy atom. The Bertz CT molecular complexity index is 1070. The van der Waals surface area contributed by atoms with Gasteiger partial charge in [-0.3, -0.25) is 4.79 Å². The molecule has 1 fully saturated rings. The van der Waals surface area contributed by atoms with E-state index in [1.165, 1.54) is 0 Å². The van der Waals surface area contributed by atoms with Crippen molar-refractivity contribution in [1.29, 1.82) is 0 Å². The summed E-state index contributed by atoms with van der Waals surface area (Å²) in [7, 11) is 1.61. The van der Waals surface area contributed by atoms with E-state index in [4.69, 9.17) is 4.52 Å². The van der Waals surface area contributed by atoms with Gasteiger partial charge in [-0.1, -0.05) is 47.6 Å². The zero-order valence-electron chi connectivity index (χ0n) is 17.5. The van der Waals surface area contributed by atoms with Gasteiger partial charge in [-0.15, -0.1) is 0 Å². The number of carbonyl (C=O) groups is 2. The molecule has 8 nitrogen and oxygen atoms in total. The van der Waals surface area contributed by atoms with Crippen LogP contribution < -0.4 is 16.0 Å². The molecule has 160 valence electrons. The molecule has 31 heavy (non-hydrogen) atoms. The lowest BCUT2D eigenvalue weighted by Crippen LogP contribution is -2.39. The highest BCUT2D eigenvalue weighted by Crippen LogP contribution is 2.38. The van der Waals surface area contributed by atoms with Crippen molar-refractivity contribution in [3.05, 3.63) is 66.1 Å². The number of benzene rings is 2. The van der Waals surface area contributed by atoms with Gasteiger partial charge in [0, 0.05) is 30.3 Å². The normalized spacial score (nSPS) is 20.3. The number of anilines is 1. The van der Waals surface area contributed by atoms with Crippen molar-refractivity contribution in [1.82, 2.24) is 20.8 Å². The predicted octanol–water partition coefficient (Wildman–Crippen LogP) is 3.47. The van der Waals surface area contributed by atoms with E-state index in [-0.39, 0.29) is 29.8 Å². The molecule has 8 heteroatoms. The molecule has 1 aromatic heterocycles. The summed E-state index contributed by atoms with van der Waals surface area (Å²) < 4.78 is 5.55. The van der Waals surface area contributed by atoms with Gasteiger partial charge < -0.3 is 20.5 Å². The van der Waals surface area contributed by atoms with Crippen molar-refractivity contribution in [2.75, 3.05) is 12.4 Å². The second kappa shape index (κ2) is 8.99. The minimum Gasteiger partial charge on any atom is -0.359 e. The molecule has 1 aliphatic carbocycles. The maximum absolute atomic E-state index is 12.6. The van der Waals surface area contributed by atoms with Crippen LogP contribution in [0.25, 0.3) is 11.4 Å². The molecule has 0 radical (unpaired) electrons. The fraction of sp³-hybridized carbons (Fsp3) is 0.304. The van der Waals surface area contributed by atoms with E-state index in [9.17, 15) is 9.59 Å². The molecule has 4 rings (SSSR count). The van der Waals surface area contributed by atoms with Crippen molar-refractivity contribution in [3.63, 3.8) is 0 Å². The molecule has 3 aromatic rings. The lowest BCUT2D eigenvalue weighted by atomic mass is 10.0. The molecule has 2 aromatic carbocycles. The van der Waals surface area contributed by atoms with Crippen LogP contribution in [0.5, 0.6) is 0 Å². The summed E-state index contributed by atoms with van der Waals surface area (Å²) in [5.74, 6) is 0.353. The number of nitrogens with zero attached hydrogens (tertiary/aromatic N) is 2. The number of aryl methyl sites for hydroxylation is 1. The minimum absolute atomic E-state index is 0.0591. The number of hydrogen-bond donors (Lipinski definition) is 3. The Morgan fingerprint density at radius 1 is 1.06 bits per heavy atom. The second-order valence-electron chi connectivity index (χ2n) is 7.79. The van der Waals surface area contributed by atoms with Crippen molar-refractivity contribution < 1.29 is 14.1 Å². The third-order valence-corrected chi connectivity index (χ3v) is 5.56. The van der Waals surface area contributed by atoms with Crippen LogP contribution in [-0.2, 0) is 4.79 Å². The largest absolute Gasteiger partial charge is 0.359 e. The first kappa shape index (κ1) is 20.6. The summed E-state index contributed by atoms with van der Waals surface area (Å²) in [4.78, 5) is 29.5. The van der Waals surface area contributed by atoms with Crippen LogP contribution in [0.15, 0.2) is 59.1 Å². The van der Waals surface area contributed by atoms with Gasteiger partial charge in [0.2, 0.25) is 17.6 Å². The van der Waals surface area contributed by atoms with Crippen LogP contribution in [0.3, 0.4) is 0 Å². The van der Waals surface area contributed by atoms with Crippen LogP contribution >= 0.6 is 0 Å². The Balaban J connectivity index is 1.52. The maximum atomic E-state index is 12.6. The van der Waals surface area contributed by atoms with Crippen LogP contribution in [0.2, 0.25) is 0 Å². The topological polar surface area (TPSA) is 109 Å². The third-order valence-electron chi connectivity index (χ3n) is 5.56. The first-order valence-corrected chi connectivity index (χ1v) is 10.3. The van der Waals surface area contributed by atoms with E-state index in [2.05, 4.69) is 26.1 Å². The summed E-state index contributed by atoms with van der Waals surface area (Å²) in [5, 5.41) is 12.6. The van der Waals surface area contributed by atoms with Crippen LogP contribution in [0.1, 0.15) is 30.2 Å². The average molecular weight is 419 g/mol. The number of carbonyl (C=O) groups excluding carboxylic acids is 2. The number of nitrogens with one attached hydrogen (secondary N) is 3. The van der Waals surface area contributed by atoms with E-state index in [1.807, 2.05) is 61.5 Å². The van der Waals surface area contributed by atoms with Gasteiger partial charge >= 0.3 is 6.03 Å². The Hall–Kier alpha value is -3.68. The Kier molecular flexibility index (Phi) is 5.97. The second-order valence-corrected chi connectivity index (χ2v) is 7.79. The number of amides is 3. The zero-order valence-corrected chi connectivity index (χ0v) is 17.5. The molecule has 0 spiro atoms.